The summed E-state index contributed by atoms with van der Waals surface area (Å²) in [7, 11) is 0. The van der Waals surface area contributed by atoms with Crippen LogP contribution in [0.4, 0.5) is 0 Å². The first-order valence-electron chi connectivity index (χ1n) is 10.4. The van der Waals surface area contributed by atoms with Gasteiger partial charge in [-0.3, -0.25) is 0 Å². The van der Waals surface area contributed by atoms with Crippen LogP contribution in [0.15, 0.2) is 0 Å². The molecule has 0 amide bonds. The van der Waals surface area contributed by atoms with Gasteiger partial charge in [-0.25, -0.2) is 0 Å². The van der Waals surface area contributed by atoms with Crippen molar-refractivity contribution in [1.29, 1.82) is 0 Å². The van der Waals surface area contributed by atoms with Crippen molar-refractivity contribution >= 4 is 0 Å². The molecule has 1 fully saturated rings. The standard InChI is InChI=1S/C18H42N6O2/c1-3-19-4-2-6-21-12-16-26-18-14-24-10-8-22-7-9-23-13-17-25-15-11-20-5-1/h19-24H,1-18H2. The zero-order valence-electron chi connectivity index (χ0n) is 16.5. The molecule has 0 radical (unpaired) electrons. The molecule has 6 N–H and O–H groups in total. The Hall–Kier alpha value is -0.320. The van der Waals surface area contributed by atoms with E-state index in [0.717, 1.165) is 118 Å². The fraction of sp³-hybridized carbons (Fsp3) is 1.00. The summed E-state index contributed by atoms with van der Waals surface area (Å²) in [6.45, 7) is 15.0. The van der Waals surface area contributed by atoms with Crippen molar-refractivity contribution in [2.45, 2.75) is 12.8 Å². The van der Waals surface area contributed by atoms with Crippen molar-refractivity contribution in [2.24, 2.45) is 0 Å². The lowest BCUT2D eigenvalue weighted by atomic mass is 10.3. The van der Waals surface area contributed by atoms with Crippen LogP contribution in [0, 0.1) is 0 Å². The summed E-state index contributed by atoms with van der Waals surface area (Å²) in [5, 5.41) is 20.5. The maximum absolute atomic E-state index is 5.60. The van der Waals surface area contributed by atoms with Gasteiger partial charge in [-0.15, -0.1) is 0 Å². The van der Waals surface area contributed by atoms with Crippen LogP contribution in [0.3, 0.4) is 0 Å². The van der Waals surface area contributed by atoms with E-state index in [1.165, 1.54) is 0 Å². The second-order valence-corrected chi connectivity index (χ2v) is 6.43. The molecule has 26 heavy (non-hydrogen) atoms. The fourth-order valence-corrected chi connectivity index (χ4v) is 2.56. The van der Waals surface area contributed by atoms with Crippen molar-refractivity contribution < 1.29 is 9.47 Å². The van der Waals surface area contributed by atoms with Crippen LogP contribution in [-0.4, -0.2) is 105 Å². The first-order chi connectivity index (χ1) is 13.0. The van der Waals surface area contributed by atoms with Crippen LogP contribution in [0.2, 0.25) is 0 Å². The number of rotatable bonds is 0. The highest BCUT2D eigenvalue weighted by Crippen LogP contribution is 1.79. The summed E-state index contributed by atoms with van der Waals surface area (Å²) in [5.74, 6) is 0. The van der Waals surface area contributed by atoms with Crippen molar-refractivity contribution in [3.63, 3.8) is 0 Å². The fourth-order valence-electron chi connectivity index (χ4n) is 2.56. The first kappa shape index (κ1) is 23.7. The van der Waals surface area contributed by atoms with E-state index in [4.69, 9.17) is 9.47 Å². The highest BCUT2D eigenvalue weighted by atomic mass is 16.5. The molecule has 0 aromatic heterocycles. The molecule has 1 heterocycles. The van der Waals surface area contributed by atoms with Crippen LogP contribution in [0.25, 0.3) is 0 Å². The molecule has 8 heteroatoms. The predicted molar refractivity (Wildman–Crippen MR) is 108 cm³/mol. The Morgan fingerprint density at radius 2 is 0.577 bits per heavy atom. The Balaban J connectivity index is 2.00. The van der Waals surface area contributed by atoms with E-state index in [2.05, 4.69) is 31.9 Å². The summed E-state index contributed by atoms with van der Waals surface area (Å²) in [6.07, 6.45) is 2.31. The maximum atomic E-state index is 5.60. The van der Waals surface area contributed by atoms with Crippen LogP contribution < -0.4 is 31.9 Å². The van der Waals surface area contributed by atoms with Gasteiger partial charge in [0.15, 0.2) is 0 Å². The molecule has 0 aliphatic carbocycles. The van der Waals surface area contributed by atoms with Gasteiger partial charge in [0, 0.05) is 52.4 Å². The van der Waals surface area contributed by atoms with Crippen molar-refractivity contribution in [2.75, 3.05) is 105 Å². The van der Waals surface area contributed by atoms with Crippen LogP contribution in [-0.2, 0) is 9.47 Å². The summed E-state index contributed by atoms with van der Waals surface area (Å²) < 4.78 is 11.2. The zero-order chi connectivity index (χ0) is 18.4. The number of nitrogens with one attached hydrogen (secondary N) is 6. The average molecular weight is 375 g/mol. The molecule has 0 spiro atoms. The van der Waals surface area contributed by atoms with Crippen molar-refractivity contribution in [1.82, 2.24) is 31.9 Å². The van der Waals surface area contributed by atoms with Crippen molar-refractivity contribution in [3.8, 4) is 0 Å². The SMILES string of the molecule is C1CNCCCNCCOCCNCCNCCNCCOCCNC1. The lowest BCUT2D eigenvalue weighted by Gasteiger charge is -2.10. The normalized spacial score (nSPS) is 24.0. The molecule has 1 aliphatic rings. The van der Waals surface area contributed by atoms with E-state index in [1.807, 2.05) is 0 Å². The minimum absolute atomic E-state index is 0.777. The quantitative estimate of drug-likeness (QED) is 0.301. The van der Waals surface area contributed by atoms with Crippen LogP contribution >= 0.6 is 0 Å². The Morgan fingerprint density at radius 3 is 0.962 bits per heavy atom. The second-order valence-electron chi connectivity index (χ2n) is 6.43. The Bertz CT molecular complexity index is 152. The first-order valence-corrected chi connectivity index (χ1v) is 10.4. The van der Waals surface area contributed by atoms with Crippen LogP contribution in [0.1, 0.15) is 12.8 Å². The van der Waals surface area contributed by atoms with Gasteiger partial charge < -0.3 is 41.4 Å². The van der Waals surface area contributed by atoms with Gasteiger partial charge in [-0.1, -0.05) is 0 Å². The van der Waals surface area contributed by atoms with E-state index in [0.29, 0.717) is 0 Å². The smallest absolute Gasteiger partial charge is 0.0591 e. The third kappa shape index (κ3) is 18.5. The van der Waals surface area contributed by atoms with Crippen molar-refractivity contribution in [3.05, 3.63) is 0 Å². The molecule has 0 saturated carbocycles. The Morgan fingerprint density at radius 1 is 0.308 bits per heavy atom. The molecule has 156 valence electrons. The van der Waals surface area contributed by atoms with E-state index in [1.54, 1.807) is 0 Å². The van der Waals surface area contributed by atoms with Gasteiger partial charge in [-0.05, 0) is 39.0 Å². The van der Waals surface area contributed by atoms with E-state index in [9.17, 15) is 0 Å². The molecule has 0 atom stereocenters. The van der Waals surface area contributed by atoms with E-state index < -0.39 is 0 Å². The molecule has 0 unspecified atom stereocenters. The highest BCUT2D eigenvalue weighted by molar-refractivity contribution is 4.56. The van der Waals surface area contributed by atoms with Gasteiger partial charge in [0.05, 0.1) is 26.4 Å². The van der Waals surface area contributed by atoms with E-state index in [-0.39, 0.29) is 0 Å². The van der Waals surface area contributed by atoms with Gasteiger partial charge in [0.1, 0.15) is 0 Å². The molecule has 0 aromatic carbocycles. The summed E-state index contributed by atoms with van der Waals surface area (Å²) in [4.78, 5) is 0. The topological polar surface area (TPSA) is 90.6 Å². The molecule has 0 bridgehead atoms. The predicted octanol–water partition coefficient (Wildman–Crippen LogP) is -1.65. The average Bonchev–Trinajstić information content (AvgIpc) is 2.65. The van der Waals surface area contributed by atoms with Gasteiger partial charge >= 0.3 is 0 Å². The summed E-state index contributed by atoms with van der Waals surface area (Å²) in [6, 6.07) is 0. The lowest BCUT2D eigenvalue weighted by Crippen LogP contribution is -2.34. The number of ether oxygens (including phenoxy) is 2. The van der Waals surface area contributed by atoms with Crippen LogP contribution in [0.5, 0.6) is 0 Å². The van der Waals surface area contributed by atoms with Gasteiger partial charge in [0.2, 0.25) is 0 Å². The molecular formula is C18H42N6O2. The monoisotopic (exact) mass is 374 g/mol. The third-order valence-electron chi connectivity index (χ3n) is 4.06. The van der Waals surface area contributed by atoms with Gasteiger partial charge in [-0.2, -0.15) is 0 Å². The second kappa shape index (κ2) is 21.0. The molecule has 1 saturated heterocycles. The Labute approximate surface area is 159 Å². The molecule has 1 rings (SSSR count). The Kier molecular flexibility index (Phi) is 19.1. The zero-order valence-corrected chi connectivity index (χ0v) is 16.5. The molecule has 8 nitrogen and oxygen atoms in total. The molecule has 1 aliphatic heterocycles. The minimum atomic E-state index is 0.777. The largest absolute Gasteiger partial charge is 0.379 e. The minimum Gasteiger partial charge on any atom is -0.379 e. The summed E-state index contributed by atoms with van der Waals surface area (Å²) in [5.41, 5.74) is 0. The third-order valence-corrected chi connectivity index (χ3v) is 4.06. The van der Waals surface area contributed by atoms with Gasteiger partial charge in [0.25, 0.3) is 0 Å². The lowest BCUT2D eigenvalue weighted by molar-refractivity contribution is 0.137. The number of hydrogen-bond acceptors (Lipinski definition) is 8. The number of hydrogen-bond donors (Lipinski definition) is 6. The molecule has 0 aromatic rings. The highest BCUT2D eigenvalue weighted by Gasteiger charge is 1.94. The maximum Gasteiger partial charge on any atom is 0.0591 e. The molecular weight excluding hydrogens is 332 g/mol. The summed E-state index contributed by atoms with van der Waals surface area (Å²) >= 11 is 0. The van der Waals surface area contributed by atoms with E-state index >= 15 is 0 Å².